The quantitative estimate of drug-likeness (QED) is 0.784. The van der Waals surface area contributed by atoms with E-state index in [2.05, 4.69) is 6.58 Å². The Hall–Kier alpha value is -2.31. The van der Waals surface area contributed by atoms with Crippen LogP contribution in [0, 0.1) is 0 Å². The molecule has 2 amide bonds. The summed E-state index contributed by atoms with van der Waals surface area (Å²) in [4.78, 5) is 12.0. The fourth-order valence-corrected chi connectivity index (χ4v) is 5.04. The standard InChI is InChI=1S/C19H19ClN2O3S/c1-2-18(15-7-6-13-4-3-5-14(13)12-15)26(24,25)22(19(21)23)17-10-8-16(20)9-11-17/h2,6-12,18H,1,3-5H2,(H2,21,23). The number of nitrogens with zero attached hydrogens (tertiary/aromatic N) is 1. The Morgan fingerprint density at radius 3 is 2.42 bits per heavy atom. The van der Waals surface area contributed by atoms with Crippen LogP contribution in [0.5, 0.6) is 0 Å². The number of nitrogens with two attached hydrogens (primary N) is 1. The highest BCUT2D eigenvalue weighted by Crippen LogP contribution is 2.33. The molecule has 2 aromatic carbocycles. The van der Waals surface area contributed by atoms with Crippen LogP contribution in [0.25, 0.3) is 0 Å². The number of anilines is 1. The van der Waals surface area contributed by atoms with Crippen molar-refractivity contribution in [2.75, 3.05) is 4.31 Å². The number of sulfonamides is 1. The summed E-state index contributed by atoms with van der Waals surface area (Å²) < 4.78 is 27.0. The van der Waals surface area contributed by atoms with Gasteiger partial charge >= 0.3 is 6.03 Å². The average Bonchev–Trinajstić information content (AvgIpc) is 3.04. The highest BCUT2D eigenvalue weighted by Gasteiger charge is 2.35. The van der Waals surface area contributed by atoms with E-state index in [0.717, 1.165) is 24.8 Å². The van der Waals surface area contributed by atoms with E-state index in [-0.39, 0.29) is 5.69 Å². The molecule has 3 rings (SSSR count). The zero-order valence-electron chi connectivity index (χ0n) is 14.1. The highest BCUT2D eigenvalue weighted by molar-refractivity contribution is 7.94. The van der Waals surface area contributed by atoms with Gasteiger partial charge in [0.2, 0.25) is 0 Å². The minimum absolute atomic E-state index is 0.134. The van der Waals surface area contributed by atoms with Crippen molar-refractivity contribution in [3.05, 3.63) is 76.8 Å². The lowest BCUT2D eigenvalue weighted by Gasteiger charge is -2.25. The molecular weight excluding hydrogens is 372 g/mol. The van der Waals surface area contributed by atoms with Crippen molar-refractivity contribution in [3.63, 3.8) is 0 Å². The molecule has 0 saturated heterocycles. The van der Waals surface area contributed by atoms with Gasteiger partial charge in [-0.3, -0.25) is 0 Å². The Morgan fingerprint density at radius 1 is 1.15 bits per heavy atom. The number of carbonyl (C=O) groups is 1. The van der Waals surface area contributed by atoms with Crippen molar-refractivity contribution in [2.45, 2.75) is 24.5 Å². The molecule has 5 nitrogen and oxygen atoms in total. The largest absolute Gasteiger partial charge is 0.350 e. The van der Waals surface area contributed by atoms with Crippen LogP contribution in [0.1, 0.15) is 28.4 Å². The second-order valence-electron chi connectivity index (χ2n) is 6.16. The van der Waals surface area contributed by atoms with Crippen molar-refractivity contribution in [1.29, 1.82) is 0 Å². The molecule has 136 valence electrons. The maximum atomic E-state index is 13.2. The van der Waals surface area contributed by atoms with Crippen LogP contribution >= 0.6 is 11.6 Å². The number of hydrogen-bond acceptors (Lipinski definition) is 3. The smallest absolute Gasteiger partial charge is 0.333 e. The predicted octanol–water partition coefficient (Wildman–Crippen LogP) is 3.97. The summed E-state index contributed by atoms with van der Waals surface area (Å²) in [6, 6.07) is 10.4. The van der Waals surface area contributed by atoms with Crippen molar-refractivity contribution in [2.24, 2.45) is 5.73 Å². The maximum Gasteiger partial charge on any atom is 0.333 e. The Bertz CT molecular complexity index is 955. The van der Waals surface area contributed by atoms with Crippen LogP contribution < -0.4 is 10.0 Å². The molecule has 0 aliphatic heterocycles. The Labute approximate surface area is 158 Å². The summed E-state index contributed by atoms with van der Waals surface area (Å²) in [5, 5.41) is -0.661. The van der Waals surface area contributed by atoms with Gasteiger partial charge in [-0.2, -0.15) is 4.31 Å². The number of rotatable bonds is 5. The molecule has 0 bridgehead atoms. The summed E-state index contributed by atoms with van der Waals surface area (Å²) in [5.41, 5.74) is 8.47. The molecule has 26 heavy (non-hydrogen) atoms. The summed E-state index contributed by atoms with van der Waals surface area (Å²) in [6.07, 6.45) is 4.30. The number of primary amides is 1. The fraction of sp³-hybridized carbons (Fsp3) is 0.211. The molecule has 7 heteroatoms. The average molecular weight is 391 g/mol. The Kier molecular flexibility index (Phi) is 5.07. The van der Waals surface area contributed by atoms with Crippen molar-refractivity contribution < 1.29 is 13.2 Å². The number of hydrogen-bond donors (Lipinski definition) is 1. The molecule has 0 radical (unpaired) electrons. The van der Waals surface area contributed by atoms with Crippen molar-refractivity contribution in [3.8, 4) is 0 Å². The van der Waals surface area contributed by atoms with Gasteiger partial charge in [-0.25, -0.2) is 13.2 Å². The van der Waals surface area contributed by atoms with Crippen LogP contribution in [-0.4, -0.2) is 14.4 Å². The van der Waals surface area contributed by atoms with Gasteiger partial charge in [-0.1, -0.05) is 35.9 Å². The number of benzene rings is 2. The first-order valence-corrected chi connectivity index (χ1v) is 10.1. The molecule has 0 fully saturated rings. The SMILES string of the molecule is C=CC(c1ccc2c(c1)CCC2)S(=O)(=O)N(C(N)=O)c1ccc(Cl)cc1. The molecule has 1 aliphatic carbocycles. The van der Waals surface area contributed by atoms with Crippen LogP contribution in [0.15, 0.2) is 55.1 Å². The maximum absolute atomic E-state index is 13.2. The first-order chi connectivity index (χ1) is 12.3. The van der Waals surface area contributed by atoms with E-state index in [1.807, 2.05) is 12.1 Å². The predicted molar refractivity (Wildman–Crippen MR) is 104 cm³/mol. The first kappa shape index (κ1) is 18.5. The normalized spacial score (nSPS) is 14.5. The lowest BCUT2D eigenvalue weighted by molar-refractivity contribution is 0.257. The second-order valence-corrected chi connectivity index (χ2v) is 8.50. The Morgan fingerprint density at radius 2 is 1.81 bits per heavy atom. The van der Waals surface area contributed by atoms with Crippen molar-refractivity contribution in [1.82, 2.24) is 0 Å². The number of halogens is 1. The lowest BCUT2D eigenvalue weighted by atomic mass is 10.0. The van der Waals surface area contributed by atoms with Gasteiger partial charge in [0.15, 0.2) is 0 Å². The summed E-state index contributed by atoms with van der Waals surface area (Å²) in [6.45, 7) is 3.67. The number of fused-ring (bicyclic) bond motifs is 1. The molecule has 0 aromatic heterocycles. The summed E-state index contributed by atoms with van der Waals surface area (Å²) >= 11 is 5.85. The zero-order valence-corrected chi connectivity index (χ0v) is 15.6. The number of carbonyl (C=O) groups excluding carboxylic acids is 1. The van der Waals surface area contributed by atoms with E-state index in [9.17, 15) is 13.2 Å². The minimum Gasteiger partial charge on any atom is -0.350 e. The van der Waals surface area contributed by atoms with Gasteiger partial charge in [0.1, 0.15) is 5.25 Å². The third-order valence-corrected chi connectivity index (χ3v) is 6.76. The Balaban J connectivity index is 2.06. The highest BCUT2D eigenvalue weighted by atomic mass is 35.5. The molecule has 1 atom stereocenters. The number of amides is 2. The topological polar surface area (TPSA) is 80.5 Å². The second kappa shape index (κ2) is 7.13. The molecule has 2 N–H and O–H groups in total. The monoisotopic (exact) mass is 390 g/mol. The molecule has 1 aliphatic rings. The van der Waals surface area contributed by atoms with E-state index in [0.29, 0.717) is 14.9 Å². The zero-order chi connectivity index (χ0) is 18.9. The van der Waals surface area contributed by atoms with Crippen LogP contribution in [0.4, 0.5) is 10.5 Å². The van der Waals surface area contributed by atoms with Crippen molar-refractivity contribution >= 4 is 33.3 Å². The van der Waals surface area contributed by atoms with Gasteiger partial charge in [-0.05, 0) is 60.2 Å². The number of urea groups is 1. The van der Waals surface area contributed by atoms with E-state index in [1.54, 1.807) is 6.07 Å². The van der Waals surface area contributed by atoms with Gasteiger partial charge in [0, 0.05) is 5.02 Å². The van der Waals surface area contributed by atoms with E-state index in [1.165, 1.54) is 35.9 Å². The van der Waals surface area contributed by atoms with E-state index < -0.39 is 21.3 Å². The minimum atomic E-state index is -4.15. The van der Waals surface area contributed by atoms with Gasteiger partial charge in [0.05, 0.1) is 5.69 Å². The fourth-order valence-electron chi connectivity index (χ4n) is 3.29. The molecular formula is C19H19ClN2O3S. The molecule has 0 heterocycles. The van der Waals surface area contributed by atoms with Crippen LogP contribution in [-0.2, 0) is 22.9 Å². The molecule has 1 unspecified atom stereocenters. The number of aryl methyl sites for hydroxylation is 2. The summed E-state index contributed by atoms with van der Waals surface area (Å²) in [7, 11) is -4.15. The molecule has 2 aromatic rings. The summed E-state index contributed by atoms with van der Waals surface area (Å²) in [5.74, 6) is 0. The molecule has 0 saturated carbocycles. The van der Waals surface area contributed by atoms with Gasteiger partial charge in [0.25, 0.3) is 10.0 Å². The third-order valence-electron chi connectivity index (χ3n) is 4.50. The van der Waals surface area contributed by atoms with E-state index in [4.69, 9.17) is 17.3 Å². The first-order valence-electron chi connectivity index (χ1n) is 8.18. The lowest BCUT2D eigenvalue weighted by Crippen LogP contribution is -2.42. The van der Waals surface area contributed by atoms with Crippen LogP contribution in [0.2, 0.25) is 5.02 Å². The third kappa shape index (κ3) is 3.34. The van der Waals surface area contributed by atoms with Gasteiger partial charge < -0.3 is 5.73 Å². The van der Waals surface area contributed by atoms with E-state index >= 15 is 0 Å². The van der Waals surface area contributed by atoms with Crippen LogP contribution in [0.3, 0.4) is 0 Å². The molecule has 0 spiro atoms. The van der Waals surface area contributed by atoms with Gasteiger partial charge in [-0.15, -0.1) is 6.58 Å².